The maximum atomic E-state index is 12.2. The molecule has 3 nitrogen and oxygen atoms in total. The molecule has 1 heterocycles. The van der Waals surface area contributed by atoms with Crippen LogP contribution in [0.4, 0.5) is 0 Å². The van der Waals surface area contributed by atoms with Crippen molar-refractivity contribution in [2.75, 3.05) is 0 Å². The van der Waals surface area contributed by atoms with Crippen molar-refractivity contribution in [3.63, 3.8) is 0 Å². The first-order valence-corrected chi connectivity index (χ1v) is 7.86. The van der Waals surface area contributed by atoms with Gasteiger partial charge in [-0.2, -0.15) is 4.99 Å². The number of rotatable bonds is 1. The smallest absolute Gasteiger partial charge is 0.253 e. The molecule has 1 aromatic carbocycles. The minimum atomic E-state index is -0.459. The number of amides is 1. The van der Waals surface area contributed by atoms with E-state index in [9.17, 15) is 4.79 Å². The van der Waals surface area contributed by atoms with E-state index < -0.39 is 5.41 Å². The van der Waals surface area contributed by atoms with Gasteiger partial charge in [0.2, 0.25) is 0 Å². The molecule has 0 N–H and O–H groups in total. The van der Waals surface area contributed by atoms with Crippen LogP contribution in [0.5, 0.6) is 0 Å². The first-order chi connectivity index (χ1) is 9.68. The van der Waals surface area contributed by atoms with Crippen LogP contribution in [0.15, 0.2) is 29.4 Å². The fraction of sp³-hybridized carbons (Fsp3) is 0.412. The molecule has 0 aliphatic heterocycles. The van der Waals surface area contributed by atoms with Gasteiger partial charge >= 0.3 is 0 Å². The minimum absolute atomic E-state index is 0.0954. The third kappa shape index (κ3) is 3.50. The SMILES string of the molecule is Cc1cn(-c2ccc(C)c(C)c2)c(=NC(=O)C(C)(C)C)s1. The normalized spacial score (nSPS) is 12.8. The van der Waals surface area contributed by atoms with Crippen LogP contribution in [0.25, 0.3) is 5.69 Å². The monoisotopic (exact) mass is 302 g/mol. The van der Waals surface area contributed by atoms with Crippen molar-refractivity contribution in [3.05, 3.63) is 45.2 Å². The summed E-state index contributed by atoms with van der Waals surface area (Å²) in [5, 5.41) is 0. The summed E-state index contributed by atoms with van der Waals surface area (Å²) in [4.78, 5) is 18.4. The average Bonchev–Trinajstić information content (AvgIpc) is 2.72. The highest BCUT2D eigenvalue weighted by atomic mass is 32.1. The predicted molar refractivity (Wildman–Crippen MR) is 87.9 cm³/mol. The van der Waals surface area contributed by atoms with Crippen molar-refractivity contribution < 1.29 is 4.79 Å². The Balaban J connectivity index is 2.58. The minimum Gasteiger partial charge on any atom is -0.292 e. The standard InChI is InChI=1S/C17H22N2OS/c1-11-7-8-14(9-12(11)2)19-10-13(3)21-16(19)18-15(20)17(4,5)6/h7-10H,1-6H3. The summed E-state index contributed by atoms with van der Waals surface area (Å²) in [6, 6.07) is 6.29. The zero-order valence-electron chi connectivity index (χ0n) is 13.5. The number of nitrogens with zero attached hydrogens (tertiary/aromatic N) is 2. The van der Waals surface area contributed by atoms with Crippen LogP contribution in [0.3, 0.4) is 0 Å². The summed E-state index contributed by atoms with van der Waals surface area (Å²) in [5.74, 6) is -0.0954. The number of aryl methyl sites for hydroxylation is 3. The second-order valence-electron chi connectivity index (χ2n) is 6.43. The number of hydrogen-bond acceptors (Lipinski definition) is 2. The van der Waals surface area contributed by atoms with Gasteiger partial charge in [0.25, 0.3) is 5.91 Å². The Bertz CT molecular complexity index is 745. The van der Waals surface area contributed by atoms with Gasteiger partial charge in [0, 0.05) is 22.2 Å². The van der Waals surface area contributed by atoms with E-state index in [2.05, 4.69) is 37.0 Å². The molecule has 0 spiro atoms. The summed E-state index contributed by atoms with van der Waals surface area (Å²) in [5.41, 5.74) is 3.08. The molecule has 112 valence electrons. The summed E-state index contributed by atoms with van der Waals surface area (Å²) < 4.78 is 2.00. The molecule has 0 atom stereocenters. The van der Waals surface area contributed by atoms with Crippen LogP contribution in [0.2, 0.25) is 0 Å². The van der Waals surface area contributed by atoms with E-state index in [0.29, 0.717) is 0 Å². The van der Waals surface area contributed by atoms with Gasteiger partial charge in [-0.1, -0.05) is 26.8 Å². The van der Waals surface area contributed by atoms with Gasteiger partial charge in [-0.25, -0.2) is 0 Å². The fourth-order valence-electron chi connectivity index (χ4n) is 1.85. The largest absolute Gasteiger partial charge is 0.292 e. The molecule has 0 aliphatic rings. The third-order valence-electron chi connectivity index (χ3n) is 3.38. The lowest BCUT2D eigenvalue weighted by Crippen LogP contribution is -2.23. The highest BCUT2D eigenvalue weighted by Gasteiger charge is 2.21. The molecule has 1 aromatic heterocycles. The predicted octanol–water partition coefficient (Wildman–Crippen LogP) is 3.94. The molecule has 0 unspecified atom stereocenters. The maximum Gasteiger partial charge on any atom is 0.253 e. The van der Waals surface area contributed by atoms with Crippen LogP contribution < -0.4 is 4.80 Å². The van der Waals surface area contributed by atoms with Crippen LogP contribution in [0.1, 0.15) is 36.8 Å². The van der Waals surface area contributed by atoms with Crippen molar-refractivity contribution >= 4 is 17.2 Å². The number of hydrogen-bond donors (Lipinski definition) is 0. The lowest BCUT2D eigenvalue weighted by atomic mass is 9.96. The van der Waals surface area contributed by atoms with E-state index in [1.165, 1.54) is 22.5 Å². The van der Waals surface area contributed by atoms with Gasteiger partial charge in [-0.05, 0) is 44.0 Å². The summed E-state index contributed by atoms with van der Waals surface area (Å²) in [7, 11) is 0. The molecule has 0 saturated heterocycles. The summed E-state index contributed by atoms with van der Waals surface area (Å²) >= 11 is 1.54. The first kappa shape index (κ1) is 15.7. The van der Waals surface area contributed by atoms with Gasteiger partial charge in [-0.15, -0.1) is 11.3 Å². The fourth-order valence-corrected chi connectivity index (χ4v) is 2.68. The average molecular weight is 302 g/mol. The molecule has 2 rings (SSSR count). The van der Waals surface area contributed by atoms with Crippen molar-refractivity contribution in [2.24, 2.45) is 10.4 Å². The molecule has 0 aliphatic carbocycles. The number of thiazole rings is 1. The molecule has 0 radical (unpaired) electrons. The Kier molecular flexibility index (Phi) is 4.19. The maximum absolute atomic E-state index is 12.2. The van der Waals surface area contributed by atoms with Crippen molar-refractivity contribution in [2.45, 2.75) is 41.5 Å². The van der Waals surface area contributed by atoms with Gasteiger partial charge in [0.05, 0.1) is 0 Å². The molecule has 4 heteroatoms. The molecule has 2 aromatic rings. The third-order valence-corrected chi connectivity index (χ3v) is 4.27. The number of carbonyl (C=O) groups excluding carboxylic acids is 1. The molecule has 0 saturated carbocycles. The van der Waals surface area contributed by atoms with Crippen LogP contribution >= 0.6 is 11.3 Å². The molecular formula is C17H22N2OS. The van der Waals surface area contributed by atoms with E-state index in [4.69, 9.17) is 0 Å². The van der Waals surface area contributed by atoms with Crippen LogP contribution in [-0.2, 0) is 4.79 Å². The Morgan fingerprint density at radius 2 is 1.81 bits per heavy atom. The van der Waals surface area contributed by atoms with E-state index in [-0.39, 0.29) is 5.91 Å². The second-order valence-corrected chi connectivity index (χ2v) is 7.64. The van der Waals surface area contributed by atoms with Crippen LogP contribution in [0, 0.1) is 26.2 Å². The van der Waals surface area contributed by atoms with Crippen molar-refractivity contribution in [3.8, 4) is 5.69 Å². The Morgan fingerprint density at radius 1 is 1.14 bits per heavy atom. The number of carbonyl (C=O) groups is 1. The summed E-state index contributed by atoms with van der Waals surface area (Å²) in [6.45, 7) is 11.9. The van der Waals surface area contributed by atoms with E-state index in [1.807, 2.05) is 38.5 Å². The zero-order chi connectivity index (χ0) is 15.8. The lowest BCUT2D eigenvalue weighted by Gasteiger charge is -2.12. The van der Waals surface area contributed by atoms with E-state index in [1.54, 1.807) is 0 Å². The quantitative estimate of drug-likeness (QED) is 0.785. The number of benzene rings is 1. The van der Waals surface area contributed by atoms with Crippen molar-refractivity contribution in [1.29, 1.82) is 0 Å². The van der Waals surface area contributed by atoms with Crippen LogP contribution in [-0.4, -0.2) is 10.5 Å². The van der Waals surface area contributed by atoms with Gasteiger partial charge in [-0.3, -0.25) is 9.36 Å². The zero-order valence-corrected chi connectivity index (χ0v) is 14.3. The Morgan fingerprint density at radius 3 is 2.38 bits per heavy atom. The molecule has 0 fully saturated rings. The highest BCUT2D eigenvalue weighted by Crippen LogP contribution is 2.17. The molecular weight excluding hydrogens is 280 g/mol. The molecule has 21 heavy (non-hydrogen) atoms. The van der Waals surface area contributed by atoms with Gasteiger partial charge < -0.3 is 0 Å². The lowest BCUT2D eigenvalue weighted by molar-refractivity contribution is -0.125. The van der Waals surface area contributed by atoms with E-state index >= 15 is 0 Å². The molecule has 0 bridgehead atoms. The van der Waals surface area contributed by atoms with Crippen molar-refractivity contribution in [1.82, 2.24) is 4.57 Å². The Hall–Kier alpha value is -1.68. The number of aromatic nitrogens is 1. The summed E-state index contributed by atoms with van der Waals surface area (Å²) in [6.07, 6.45) is 2.03. The Labute approximate surface area is 130 Å². The van der Waals surface area contributed by atoms with E-state index in [0.717, 1.165) is 15.4 Å². The van der Waals surface area contributed by atoms with Gasteiger partial charge in [0.15, 0.2) is 4.80 Å². The molecule has 1 amide bonds. The highest BCUT2D eigenvalue weighted by molar-refractivity contribution is 7.09. The first-order valence-electron chi connectivity index (χ1n) is 7.04. The topological polar surface area (TPSA) is 34.4 Å². The second kappa shape index (κ2) is 5.60. The van der Waals surface area contributed by atoms with Gasteiger partial charge in [0.1, 0.15) is 0 Å².